The Labute approximate surface area is 227 Å². The summed E-state index contributed by atoms with van der Waals surface area (Å²) in [7, 11) is 0. The maximum Gasteiger partial charge on any atom is 0.338 e. The second-order valence-electron chi connectivity index (χ2n) is 10.3. The van der Waals surface area contributed by atoms with E-state index in [0.29, 0.717) is 17.9 Å². The third-order valence-corrected chi connectivity index (χ3v) is 6.80. The van der Waals surface area contributed by atoms with E-state index < -0.39 is 35.5 Å². The van der Waals surface area contributed by atoms with Gasteiger partial charge in [0.1, 0.15) is 25.4 Å². The lowest BCUT2D eigenvalue weighted by Gasteiger charge is -2.44. The maximum atomic E-state index is 12.6. The highest BCUT2D eigenvalue weighted by Gasteiger charge is 2.46. The summed E-state index contributed by atoms with van der Waals surface area (Å²) in [6, 6.07) is 8.53. The van der Waals surface area contributed by atoms with E-state index in [2.05, 4.69) is 13.8 Å². The minimum absolute atomic E-state index is 0.0463. The van der Waals surface area contributed by atoms with Gasteiger partial charge in [-0.3, -0.25) is 14.4 Å². The van der Waals surface area contributed by atoms with Crippen molar-refractivity contribution < 1.29 is 38.1 Å². The zero-order chi connectivity index (χ0) is 28.7. The fourth-order valence-corrected chi connectivity index (χ4v) is 4.15. The lowest BCUT2D eigenvalue weighted by Crippen LogP contribution is -2.49. The molecule has 38 heavy (non-hydrogen) atoms. The van der Waals surface area contributed by atoms with E-state index in [4.69, 9.17) is 18.9 Å². The van der Waals surface area contributed by atoms with Crippen LogP contribution >= 0.6 is 0 Å². The van der Waals surface area contributed by atoms with Gasteiger partial charge < -0.3 is 18.9 Å². The first-order chi connectivity index (χ1) is 18.0. The highest BCUT2D eigenvalue weighted by molar-refractivity contribution is 5.89. The third kappa shape index (κ3) is 10.8. The Hall–Kier alpha value is -2.90. The van der Waals surface area contributed by atoms with Crippen LogP contribution in [0.2, 0.25) is 0 Å². The van der Waals surface area contributed by atoms with Gasteiger partial charge in [-0.1, -0.05) is 73.1 Å². The quantitative estimate of drug-likeness (QED) is 0.179. The van der Waals surface area contributed by atoms with E-state index >= 15 is 0 Å². The lowest BCUT2D eigenvalue weighted by molar-refractivity contribution is -0.176. The van der Waals surface area contributed by atoms with Gasteiger partial charge in [-0.15, -0.1) is 0 Å². The number of carbonyl (C=O) groups excluding carboxylic acids is 4. The fraction of sp³-hybridized carbons (Fsp3) is 0.667. The van der Waals surface area contributed by atoms with Gasteiger partial charge in [0.2, 0.25) is 0 Å². The van der Waals surface area contributed by atoms with Crippen molar-refractivity contribution in [3.63, 3.8) is 0 Å². The van der Waals surface area contributed by atoms with Crippen molar-refractivity contribution in [2.75, 3.05) is 13.2 Å². The molecule has 0 aliphatic heterocycles. The van der Waals surface area contributed by atoms with Crippen LogP contribution < -0.4 is 0 Å². The minimum atomic E-state index is -0.858. The number of hydrogen-bond donors (Lipinski definition) is 0. The molecule has 0 heterocycles. The Balaban J connectivity index is 3.38. The average molecular weight is 535 g/mol. The highest BCUT2D eigenvalue weighted by atomic mass is 16.6. The standard InChI is InChI=1S/C30H46O8/c1-8-26(31)36-20-30(22(6)7,17-16-21(4)5)25(38-28(33)10-3)18-24(37-27(32)9-2)19-35-29(34)23-14-12-11-13-15-23/h11-15,21-22,24-25H,8-10,16-20H2,1-7H3. The second kappa shape index (κ2) is 16.8. The monoisotopic (exact) mass is 534 g/mol. The molecule has 0 aliphatic carbocycles. The second-order valence-corrected chi connectivity index (χ2v) is 10.3. The number of esters is 4. The van der Waals surface area contributed by atoms with Crippen LogP contribution in [0.1, 0.15) is 97.3 Å². The number of hydrogen-bond acceptors (Lipinski definition) is 8. The van der Waals surface area contributed by atoms with Gasteiger partial charge in [0, 0.05) is 31.1 Å². The SMILES string of the molecule is CCC(=O)OCC(CCC(C)C)(C(C)C)C(CC(COC(=O)c1ccccc1)OC(=O)CC)OC(=O)CC. The van der Waals surface area contributed by atoms with E-state index in [-0.39, 0.29) is 50.8 Å². The molecular weight excluding hydrogens is 488 g/mol. The normalized spacial score (nSPS) is 14.3. The molecule has 8 heteroatoms. The van der Waals surface area contributed by atoms with Gasteiger partial charge in [0.25, 0.3) is 0 Å². The van der Waals surface area contributed by atoms with E-state index in [1.165, 1.54) is 0 Å². The van der Waals surface area contributed by atoms with Crippen molar-refractivity contribution in [1.82, 2.24) is 0 Å². The molecule has 0 N–H and O–H groups in total. The van der Waals surface area contributed by atoms with Gasteiger partial charge in [-0.05, 0) is 30.4 Å². The first-order valence-electron chi connectivity index (χ1n) is 13.8. The summed E-state index contributed by atoms with van der Waals surface area (Å²) in [6.07, 6.45) is 0.450. The largest absolute Gasteiger partial charge is 0.465 e. The van der Waals surface area contributed by atoms with Crippen LogP contribution in [-0.4, -0.2) is 49.3 Å². The maximum absolute atomic E-state index is 12.6. The molecule has 0 radical (unpaired) electrons. The zero-order valence-electron chi connectivity index (χ0n) is 24.1. The molecule has 1 rings (SSSR count). The smallest absolute Gasteiger partial charge is 0.338 e. The van der Waals surface area contributed by atoms with Crippen LogP contribution in [0.3, 0.4) is 0 Å². The molecule has 0 aromatic heterocycles. The first-order valence-corrected chi connectivity index (χ1v) is 13.8. The van der Waals surface area contributed by atoms with Crippen molar-refractivity contribution in [3.8, 4) is 0 Å². The van der Waals surface area contributed by atoms with Gasteiger partial charge in [0.15, 0.2) is 0 Å². The van der Waals surface area contributed by atoms with Gasteiger partial charge in [-0.2, -0.15) is 0 Å². The molecule has 0 bridgehead atoms. The van der Waals surface area contributed by atoms with Crippen LogP contribution in [-0.2, 0) is 33.3 Å². The summed E-state index contributed by atoms with van der Waals surface area (Å²) < 4.78 is 22.8. The number of rotatable bonds is 17. The molecule has 0 saturated carbocycles. The summed E-state index contributed by atoms with van der Waals surface area (Å²) in [5.74, 6) is -1.44. The summed E-state index contributed by atoms with van der Waals surface area (Å²) in [5, 5.41) is 0. The molecule has 3 atom stereocenters. The van der Waals surface area contributed by atoms with E-state index in [1.54, 1.807) is 51.1 Å². The van der Waals surface area contributed by atoms with E-state index in [9.17, 15) is 19.2 Å². The molecule has 0 amide bonds. The predicted octanol–water partition coefficient (Wildman–Crippen LogP) is 5.91. The number of benzene rings is 1. The Bertz CT molecular complexity index is 879. The van der Waals surface area contributed by atoms with Crippen molar-refractivity contribution in [1.29, 1.82) is 0 Å². The van der Waals surface area contributed by atoms with Crippen LogP contribution in [0.25, 0.3) is 0 Å². The molecule has 0 spiro atoms. The van der Waals surface area contributed by atoms with Crippen LogP contribution in [0.15, 0.2) is 30.3 Å². The van der Waals surface area contributed by atoms with E-state index in [1.807, 2.05) is 13.8 Å². The fourth-order valence-electron chi connectivity index (χ4n) is 4.15. The Morgan fingerprint density at radius 3 is 1.89 bits per heavy atom. The molecule has 0 saturated heterocycles. The predicted molar refractivity (Wildman–Crippen MR) is 144 cm³/mol. The van der Waals surface area contributed by atoms with Crippen molar-refractivity contribution in [3.05, 3.63) is 35.9 Å². The molecule has 0 fully saturated rings. The molecule has 214 valence electrons. The number of ether oxygens (including phenoxy) is 4. The molecule has 0 aliphatic rings. The van der Waals surface area contributed by atoms with Crippen LogP contribution in [0, 0.1) is 17.3 Å². The first kappa shape index (κ1) is 33.1. The Kier molecular flexibility index (Phi) is 14.7. The summed E-state index contributed by atoms with van der Waals surface area (Å²) in [4.78, 5) is 49.7. The Morgan fingerprint density at radius 1 is 0.789 bits per heavy atom. The Morgan fingerprint density at radius 2 is 1.37 bits per heavy atom. The van der Waals surface area contributed by atoms with Crippen molar-refractivity contribution in [2.45, 2.75) is 99.2 Å². The van der Waals surface area contributed by atoms with Gasteiger partial charge in [0.05, 0.1) is 5.56 Å². The van der Waals surface area contributed by atoms with Crippen LogP contribution in [0.4, 0.5) is 0 Å². The average Bonchev–Trinajstić information content (AvgIpc) is 2.90. The van der Waals surface area contributed by atoms with Crippen molar-refractivity contribution in [2.24, 2.45) is 17.3 Å². The molecule has 1 aromatic rings. The highest BCUT2D eigenvalue weighted by Crippen LogP contribution is 2.42. The van der Waals surface area contributed by atoms with Crippen molar-refractivity contribution >= 4 is 23.9 Å². The molecule has 8 nitrogen and oxygen atoms in total. The zero-order valence-corrected chi connectivity index (χ0v) is 24.1. The lowest BCUT2D eigenvalue weighted by atomic mass is 9.67. The number of carbonyl (C=O) groups is 4. The third-order valence-electron chi connectivity index (χ3n) is 6.80. The molecular formula is C30H46O8. The van der Waals surface area contributed by atoms with E-state index in [0.717, 1.165) is 6.42 Å². The summed E-state index contributed by atoms with van der Waals surface area (Å²) >= 11 is 0. The topological polar surface area (TPSA) is 105 Å². The summed E-state index contributed by atoms with van der Waals surface area (Å²) in [5.41, 5.74) is -0.359. The summed E-state index contributed by atoms with van der Waals surface area (Å²) in [6.45, 7) is 13.2. The van der Waals surface area contributed by atoms with Gasteiger partial charge in [-0.25, -0.2) is 4.79 Å². The van der Waals surface area contributed by atoms with Gasteiger partial charge >= 0.3 is 23.9 Å². The van der Waals surface area contributed by atoms with Crippen LogP contribution in [0.5, 0.6) is 0 Å². The minimum Gasteiger partial charge on any atom is -0.465 e. The molecule has 3 unspecified atom stereocenters. The molecule has 1 aromatic carbocycles.